The molecule has 0 amide bonds. The Morgan fingerprint density at radius 1 is 0.971 bits per heavy atom. The highest BCUT2D eigenvalue weighted by Crippen LogP contribution is 2.39. The molecule has 4 aromatic rings. The number of aromatic amines is 1. The summed E-state index contributed by atoms with van der Waals surface area (Å²) >= 11 is 3.84. The molecule has 0 saturated carbocycles. The van der Waals surface area contributed by atoms with Crippen molar-refractivity contribution in [1.82, 2.24) is 30.2 Å². The fraction of sp³-hybridized carbons (Fsp3) is 0.357. The standard InChI is InChI=1S/C28H31BrN6/c1-3-5-11-24-26-18-21(29)17-25(35(26)27(30-24)12-6-4-2)20-15-13-19(14-16-20)22-9-7-8-10-23(22)28-31-33-34-32-28/h7-10,13-16,18,25H,3-6,11-12,17H2,1-2H3,(H,31,32,33,34). The van der Waals surface area contributed by atoms with Crippen molar-refractivity contribution in [3.8, 4) is 22.5 Å². The van der Waals surface area contributed by atoms with Gasteiger partial charge in [0.2, 0.25) is 0 Å². The first-order chi connectivity index (χ1) is 17.2. The van der Waals surface area contributed by atoms with Gasteiger partial charge in [-0.3, -0.25) is 0 Å². The van der Waals surface area contributed by atoms with E-state index in [0.29, 0.717) is 5.82 Å². The van der Waals surface area contributed by atoms with Crippen LogP contribution in [0.5, 0.6) is 0 Å². The number of nitrogens with one attached hydrogen (secondary N) is 1. The summed E-state index contributed by atoms with van der Waals surface area (Å²) in [5.41, 5.74) is 7.07. The molecule has 6 nitrogen and oxygen atoms in total. The van der Waals surface area contributed by atoms with Crippen molar-refractivity contribution in [3.05, 3.63) is 75.8 Å². The number of rotatable bonds is 9. The van der Waals surface area contributed by atoms with Crippen molar-refractivity contribution < 1.29 is 0 Å². The van der Waals surface area contributed by atoms with Crippen LogP contribution in [-0.2, 0) is 12.8 Å². The average Bonchev–Trinajstić information content (AvgIpc) is 3.54. The smallest absolute Gasteiger partial charge is 0.180 e. The van der Waals surface area contributed by atoms with Crippen LogP contribution in [0.25, 0.3) is 28.6 Å². The van der Waals surface area contributed by atoms with E-state index < -0.39 is 0 Å². The molecule has 2 aromatic heterocycles. The van der Waals surface area contributed by atoms with Crippen molar-refractivity contribution in [3.63, 3.8) is 0 Å². The van der Waals surface area contributed by atoms with E-state index in [0.717, 1.165) is 42.4 Å². The highest BCUT2D eigenvalue weighted by Gasteiger charge is 2.27. The minimum atomic E-state index is 0.238. The van der Waals surface area contributed by atoms with E-state index in [2.05, 4.69) is 97.4 Å². The number of allylic oxidation sites excluding steroid dienone is 1. The Labute approximate surface area is 215 Å². The first kappa shape index (κ1) is 23.7. The molecule has 5 rings (SSSR count). The zero-order valence-corrected chi connectivity index (χ0v) is 21.9. The molecule has 1 unspecified atom stereocenters. The number of imidazole rings is 1. The summed E-state index contributed by atoms with van der Waals surface area (Å²) in [7, 11) is 0. The van der Waals surface area contributed by atoms with Crippen LogP contribution in [0.3, 0.4) is 0 Å². The molecule has 0 fully saturated rings. The first-order valence-corrected chi connectivity index (χ1v) is 13.4. The summed E-state index contributed by atoms with van der Waals surface area (Å²) in [6, 6.07) is 17.4. The molecule has 1 atom stereocenters. The highest BCUT2D eigenvalue weighted by atomic mass is 79.9. The van der Waals surface area contributed by atoms with Crippen LogP contribution in [0.1, 0.15) is 74.8 Å². The molecular formula is C28H31BrN6. The van der Waals surface area contributed by atoms with Crippen LogP contribution in [0.15, 0.2) is 53.0 Å². The van der Waals surface area contributed by atoms with Crippen LogP contribution in [0.2, 0.25) is 0 Å². The van der Waals surface area contributed by atoms with Crippen LogP contribution in [0, 0.1) is 0 Å². The molecular weight excluding hydrogens is 500 g/mol. The number of unbranched alkanes of at least 4 members (excludes halogenated alkanes) is 2. The normalized spacial score (nSPS) is 15.2. The number of halogens is 1. The fourth-order valence-corrected chi connectivity index (χ4v) is 5.46. The molecule has 0 saturated heterocycles. The van der Waals surface area contributed by atoms with E-state index >= 15 is 0 Å². The van der Waals surface area contributed by atoms with E-state index in [-0.39, 0.29) is 6.04 Å². The first-order valence-electron chi connectivity index (χ1n) is 12.6. The van der Waals surface area contributed by atoms with Gasteiger partial charge in [0.15, 0.2) is 5.82 Å². The molecule has 1 aliphatic heterocycles. The Kier molecular flexibility index (Phi) is 7.23. The maximum atomic E-state index is 5.16. The number of hydrogen-bond acceptors (Lipinski definition) is 4. The third-order valence-electron chi connectivity index (χ3n) is 6.75. The van der Waals surface area contributed by atoms with Crippen molar-refractivity contribution in [2.45, 2.75) is 64.8 Å². The minimum Gasteiger partial charge on any atom is -0.320 e. The third-order valence-corrected chi connectivity index (χ3v) is 7.30. The second-order valence-electron chi connectivity index (χ2n) is 9.17. The largest absolute Gasteiger partial charge is 0.320 e. The van der Waals surface area contributed by atoms with Gasteiger partial charge in [-0.25, -0.2) is 10.1 Å². The number of benzene rings is 2. The highest BCUT2D eigenvalue weighted by molar-refractivity contribution is 9.11. The third kappa shape index (κ3) is 4.87. The maximum absolute atomic E-state index is 5.16. The molecule has 35 heavy (non-hydrogen) atoms. The van der Waals surface area contributed by atoms with Gasteiger partial charge in [-0.1, -0.05) is 91.1 Å². The van der Waals surface area contributed by atoms with Crippen LogP contribution in [-0.4, -0.2) is 30.2 Å². The summed E-state index contributed by atoms with van der Waals surface area (Å²) in [6.07, 6.45) is 9.97. The Balaban J connectivity index is 1.52. The fourth-order valence-electron chi connectivity index (χ4n) is 4.93. The zero-order valence-electron chi connectivity index (χ0n) is 20.3. The van der Waals surface area contributed by atoms with Gasteiger partial charge in [0.1, 0.15) is 5.82 Å². The molecule has 2 aromatic carbocycles. The molecule has 0 spiro atoms. The Bertz CT molecular complexity index is 1300. The number of nitrogens with zero attached hydrogens (tertiary/aromatic N) is 5. The lowest BCUT2D eigenvalue weighted by molar-refractivity contribution is 0.541. The summed E-state index contributed by atoms with van der Waals surface area (Å²) < 4.78 is 3.75. The van der Waals surface area contributed by atoms with Crippen molar-refractivity contribution in [1.29, 1.82) is 0 Å². The van der Waals surface area contributed by atoms with Gasteiger partial charge in [-0.15, -0.1) is 5.10 Å². The van der Waals surface area contributed by atoms with E-state index in [1.807, 2.05) is 12.1 Å². The molecule has 1 N–H and O–H groups in total. The number of hydrogen-bond donors (Lipinski definition) is 1. The predicted molar refractivity (Wildman–Crippen MR) is 144 cm³/mol. The van der Waals surface area contributed by atoms with E-state index in [4.69, 9.17) is 4.98 Å². The predicted octanol–water partition coefficient (Wildman–Crippen LogP) is 7.14. The quantitative estimate of drug-likeness (QED) is 0.249. The maximum Gasteiger partial charge on any atom is 0.180 e. The van der Waals surface area contributed by atoms with Gasteiger partial charge in [-0.05, 0) is 56.9 Å². The number of aromatic nitrogens is 6. The van der Waals surface area contributed by atoms with E-state index in [1.165, 1.54) is 46.5 Å². The van der Waals surface area contributed by atoms with Crippen LogP contribution in [0.4, 0.5) is 0 Å². The summed E-state index contributed by atoms with van der Waals surface area (Å²) in [5.74, 6) is 1.90. The molecule has 1 aliphatic rings. The number of aryl methyl sites for hydroxylation is 2. The van der Waals surface area contributed by atoms with Crippen molar-refractivity contribution in [2.24, 2.45) is 0 Å². The lowest BCUT2D eigenvalue weighted by atomic mass is 9.94. The lowest BCUT2D eigenvalue weighted by Gasteiger charge is -2.27. The summed E-state index contributed by atoms with van der Waals surface area (Å²) in [6.45, 7) is 4.49. The van der Waals surface area contributed by atoms with Gasteiger partial charge >= 0.3 is 0 Å². The number of fused-ring (bicyclic) bond motifs is 1. The summed E-state index contributed by atoms with van der Waals surface area (Å²) in [5, 5.41) is 14.5. The molecule has 0 bridgehead atoms. The molecule has 3 heterocycles. The van der Waals surface area contributed by atoms with Crippen molar-refractivity contribution in [2.75, 3.05) is 0 Å². The summed E-state index contributed by atoms with van der Waals surface area (Å²) in [4.78, 5) is 5.16. The Morgan fingerprint density at radius 2 is 1.71 bits per heavy atom. The van der Waals surface area contributed by atoms with Gasteiger partial charge < -0.3 is 4.57 Å². The second-order valence-corrected chi connectivity index (χ2v) is 10.2. The van der Waals surface area contributed by atoms with Crippen LogP contribution < -0.4 is 0 Å². The monoisotopic (exact) mass is 530 g/mol. The SMILES string of the molecule is CCCCc1nc(CCCC)n2c1C=C(Br)CC2c1ccc(-c2ccccc2-c2nnn[nH]2)cc1. The van der Waals surface area contributed by atoms with Crippen molar-refractivity contribution >= 4 is 22.0 Å². The van der Waals surface area contributed by atoms with Gasteiger partial charge in [0.05, 0.1) is 17.4 Å². The Morgan fingerprint density at radius 3 is 2.43 bits per heavy atom. The van der Waals surface area contributed by atoms with Gasteiger partial charge in [-0.2, -0.15) is 0 Å². The van der Waals surface area contributed by atoms with E-state index in [9.17, 15) is 0 Å². The number of H-pyrrole nitrogens is 1. The van der Waals surface area contributed by atoms with Gasteiger partial charge in [0, 0.05) is 18.4 Å². The second kappa shape index (κ2) is 10.7. The molecule has 0 aliphatic carbocycles. The molecule has 7 heteroatoms. The zero-order chi connectivity index (χ0) is 24.2. The molecule has 180 valence electrons. The minimum absolute atomic E-state index is 0.238. The number of tetrazole rings is 1. The average molecular weight is 532 g/mol. The van der Waals surface area contributed by atoms with E-state index in [1.54, 1.807) is 0 Å². The topological polar surface area (TPSA) is 72.3 Å². The lowest BCUT2D eigenvalue weighted by Crippen LogP contribution is -2.18. The Hall–Kier alpha value is -3.06. The van der Waals surface area contributed by atoms with Gasteiger partial charge in [0.25, 0.3) is 0 Å². The molecule has 0 radical (unpaired) electrons. The van der Waals surface area contributed by atoms with Crippen LogP contribution >= 0.6 is 15.9 Å².